The van der Waals surface area contributed by atoms with Crippen molar-refractivity contribution in [3.63, 3.8) is 0 Å². The molecule has 0 unspecified atom stereocenters. The number of hydrogen-bond donors (Lipinski definition) is 1. The van der Waals surface area contributed by atoms with Gasteiger partial charge in [0.2, 0.25) is 0 Å². The van der Waals surface area contributed by atoms with Gasteiger partial charge in [-0.3, -0.25) is 0 Å². The first-order valence-electron chi connectivity index (χ1n) is 6.56. The summed E-state index contributed by atoms with van der Waals surface area (Å²) in [6, 6.07) is 10.7. The molecule has 1 nitrogen and oxygen atoms in total. The summed E-state index contributed by atoms with van der Waals surface area (Å²) in [4.78, 5) is 0. The highest BCUT2D eigenvalue weighted by molar-refractivity contribution is 8.00. The molecule has 0 fully saturated rings. The van der Waals surface area contributed by atoms with Gasteiger partial charge in [-0.2, -0.15) is 11.8 Å². The Morgan fingerprint density at radius 3 is 2.29 bits per heavy atom. The third-order valence-electron chi connectivity index (χ3n) is 3.60. The predicted molar refractivity (Wildman–Crippen MR) is 79.8 cm³/mol. The molecule has 17 heavy (non-hydrogen) atoms. The molecule has 0 saturated heterocycles. The molecule has 0 amide bonds. The highest BCUT2D eigenvalue weighted by atomic mass is 32.2. The van der Waals surface area contributed by atoms with Crippen LogP contribution in [0.1, 0.15) is 32.3 Å². The molecule has 0 bridgehead atoms. The largest absolute Gasteiger partial charge is 0.315 e. The molecule has 0 radical (unpaired) electrons. The Balaban J connectivity index is 2.28. The quantitative estimate of drug-likeness (QED) is 0.706. The van der Waals surface area contributed by atoms with Gasteiger partial charge in [-0.15, -0.1) is 0 Å². The van der Waals surface area contributed by atoms with Gasteiger partial charge in [-0.1, -0.05) is 44.2 Å². The summed E-state index contributed by atoms with van der Waals surface area (Å²) in [5.41, 5.74) is 1.42. The summed E-state index contributed by atoms with van der Waals surface area (Å²) in [5, 5.41) is 3.61. The summed E-state index contributed by atoms with van der Waals surface area (Å²) in [6.07, 6.45) is 5.83. The van der Waals surface area contributed by atoms with Crippen LogP contribution < -0.4 is 5.32 Å². The zero-order valence-electron chi connectivity index (χ0n) is 11.3. The fourth-order valence-corrected chi connectivity index (χ4v) is 2.88. The van der Waals surface area contributed by atoms with Gasteiger partial charge in [-0.05, 0) is 37.6 Å². The number of nitrogens with one attached hydrogen (secondary N) is 1. The molecule has 0 saturated carbocycles. The molecule has 0 aliphatic heterocycles. The number of benzene rings is 1. The van der Waals surface area contributed by atoms with E-state index in [9.17, 15) is 0 Å². The number of thioether (sulfide) groups is 1. The predicted octanol–water partition coefficient (Wildman–Crippen LogP) is 3.74. The molecule has 0 aliphatic carbocycles. The van der Waals surface area contributed by atoms with Crippen molar-refractivity contribution in [2.75, 3.05) is 19.3 Å². The van der Waals surface area contributed by atoms with E-state index in [2.05, 4.69) is 55.8 Å². The average molecular weight is 251 g/mol. The van der Waals surface area contributed by atoms with Gasteiger partial charge in [0, 0.05) is 11.3 Å². The molecule has 2 heteroatoms. The van der Waals surface area contributed by atoms with Crippen LogP contribution in [0.2, 0.25) is 0 Å². The Morgan fingerprint density at radius 2 is 1.76 bits per heavy atom. The van der Waals surface area contributed by atoms with Crippen molar-refractivity contribution in [1.29, 1.82) is 0 Å². The minimum Gasteiger partial charge on any atom is -0.315 e. The second-order valence-corrected chi connectivity index (χ2v) is 5.78. The van der Waals surface area contributed by atoms with Crippen LogP contribution in [-0.2, 0) is 6.42 Å². The first kappa shape index (κ1) is 14.6. The molecule has 1 aromatic carbocycles. The molecule has 1 N–H and O–H groups in total. The van der Waals surface area contributed by atoms with Crippen molar-refractivity contribution in [1.82, 2.24) is 5.32 Å². The third-order valence-corrected chi connectivity index (χ3v) is 5.19. The lowest BCUT2D eigenvalue weighted by molar-refractivity contribution is 0.497. The van der Waals surface area contributed by atoms with Crippen LogP contribution >= 0.6 is 11.8 Å². The van der Waals surface area contributed by atoms with Crippen LogP contribution in [0.5, 0.6) is 0 Å². The third kappa shape index (κ3) is 4.72. The van der Waals surface area contributed by atoms with Crippen molar-refractivity contribution >= 4 is 11.8 Å². The van der Waals surface area contributed by atoms with E-state index in [4.69, 9.17) is 0 Å². The van der Waals surface area contributed by atoms with Gasteiger partial charge in [0.05, 0.1) is 0 Å². The second kappa shape index (κ2) is 7.78. The lowest BCUT2D eigenvalue weighted by Crippen LogP contribution is -2.37. The molecular weight excluding hydrogens is 226 g/mol. The van der Waals surface area contributed by atoms with Crippen LogP contribution in [0, 0.1) is 0 Å². The Morgan fingerprint density at radius 1 is 1.12 bits per heavy atom. The van der Waals surface area contributed by atoms with E-state index in [-0.39, 0.29) is 0 Å². The summed E-state index contributed by atoms with van der Waals surface area (Å²) in [7, 11) is 0. The lowest BCUT2D eigenvalue weighted by atomic mass is 10.0. The summed E-state index contributed by atoms with van der Waals surface area (Å²) in [5.74, 6) is 0. The Kier molecular flexibility index (Phi) is 6.68. The average Bonchev–Trinajstić information content (AvgIpc) is 2.41. The highest BCUT2D eigenvalue weighted by Crippen LogP contribution is 2.29. The van der Waals surface area contributed by atoms with Crippen molar-refractivity contribution < 1.29 is 0 Å². The van der Waals surface area contributed by atoms with E-state index in [1.165, 1.54) is 18.4 Å². The normalized spacial score (nSPS) is 11.7. The Bertz CT molecular complexity index is 285. The van der Waals surface area contributed by atoms with Crippen molar-refractivity contribution in [3.8, 4) is 0 Å². The molecule has 0 aliphatic rings. The number of hydrogen-bond acceptors (Lipinski definition) is 2. The number of rotatable bonds is 8. The van der Waals surface area contributed by atoms with E-state index < -0.39 is 0 Å². The lowest BCUT2D eigenvalue weighted by Gasteiger charge is -2.30. The van der Waals surface area contributed by atoms with Crippen LogP contribution in [-0.4, -0.2) is 24.1 Å². The maximum Gasteiger partial charge on any atom is 0.0276 e. The van der Waals surface area contributed by atoms with Crippen LogP contribution in [0.25, 0.3) is 0 Å². The van der Waals surface area contributed by atoms with Gasteiger partial charge in [0.15, 0.2) is 0 Å². The standard InChI is InChI=1S/C15H25NS/c1-4-15(5-2,17-3)13-16-12-11-14-9-7-6-8-10-14/h6-10,16H,4-5,11-13H2,1-3H3. The molecule has 1 rings (SSSR count). The summed E-state index contributed by atoms with van der Waals surface area (Å²) >= 11 is 2.00. The first-order valence-corrected chi connectivity index (χ1v) is 7.78. The van der Waals surface area contributed by atoms with E-state index >= 15 is 0 Å². The van der Waals surface area contributed by atoms with Crippen LogP contribution in [0.4, 0.5) is 0 Å². The molecule has 0 heterocycles. The first-order chi connectivity index (χ1) is 8.26. The van der Waals surface area contributed by atoms with Crippen LogP contribution in [0.15, 0.2) is 30.3 Å². The van der Waals surface area contributed by atoms with Gasteiger partial charge >= 0.3 is 0 Å². The topological polar surface area (TPSA) is 12.0 Å². The molecule has 96 valence electrons. The smallest absolute Gasteiger partial charge is 0.0276 e. The fourth-order valence-electron chi connectivity index (χ4n) is 2.05. The highest BCUT2D eigenvalue weighted by Gasteiger charge is 2.23. The zero-order chi connectivity index (χ0) is 12.6. The summed E-state index contributed by atoms with van der Waals surface area (Å²) in [6.45, 7) is 6.78. The van der Waals surface area contributed by atoms with E-state index in [1.807, 2.05) is 11.8 Å². The minimum atomic E-state index is 0.427. The van der Waals surface area contributed by atoms with E-state index in [0.29, 0.717) is 4.75 Å². The molecule has 0 atom stereocenters. The molecule has 0 aromatic heterocycles. The monoisotopic (exact) mass is 251 g/mol. The maximum absolute atomic E-state index is 3.61. The maximum atomic E-state index is 3.61. The molecular formula is C15H25NS. The van der Waals surface area contributed by atoms with Crippen LogP contribution in [0.3, 0.4) is 0 Å². The fraction of sp³-hybridized carbons (Fsp3) is 0.600. The molecule has 1 aromatic rings. The van der Waals surface area contributed by atoms with Crippen molar-refractivity contribution in [2.24, 2.45) is 0 Å². The Hall–Kier alpha value is -0.470. The van der Waals surface area contributed by atoms with Crippen molar-refractivity contribution in [3.05, 3.63) is 35.9 Å². The van der Waals surface area contributed by atoms with Gasteiger partial charge in [-0.25, -0.2) is 0 Å². The van der Waals surface area contributed by atoms with Gasteiger partial charge in [0.25, 0.3) is 0 Å². The van der Waals surface area contributed by atoms with Gasteiger partial charge < -0.3 is 5.32 Å². The van der Waals surface area contributed by atoms with Gasteiger partial charge in [0.1, 0.15) is 0 Å². The second-order valence-electron chi connectivity index (χ2n) is 4.51. The SMILES string of the molecule is CCC(CC)(CNCCc1ccccc1)SC. The minimum absolute atomic E-state index is 0.427. The zero-order valence-corrected chi connectivity index (χ0v) is 12.1. The molecule has 0 spiro atoms. The van der Waals surface area contributed by atoms with Crippen molar-refractivity contribution in [2.45, 2.75) is 37.9 Å². The summed E-state index contributed by atoms with van der Waals surface area (Å²) < 4.78 is 0.427. The Labute approximate surface area is 110 Å². The van der Waals surface area contributed by atoms with E-state index in [1.54, 1.807) is 0 Å². The van der Waals surface area contributed by atoms with E-state index in [0.717, 1.165) is 19.5 Å².